The lowest BCUT2D eigenvalue weighted by Crippen LogP contribution is -2.22. The van der Waals surface area contributed by atoms with Crippen LogP contribution in [-0.2, 0) is 6.42 Å². The van der Waals surface area contributed by atoms with Gasteiger partial charge in [-0.25, -0.2) is 0 Å². The molecule has 0 radical (unpaired) electrons. The van der Waals surface area contributed by atoms with Crippen LogP contribution >= 0.6 is 15.9 Å². The topological polar surface area (TPSA) is 0 Å². The Kier molecular flexibility index (Phi) is 2.44. The van der Waals surface area contributed by atoms with E-state index in [9.17, 15) is 0 Å². The van der Waals surface area contributed by atoms with Gasteiger partial charge in [-0.3, -0.25) is 0 Å². The largest absolute Gasteiger partial charge is 0.0802 e. The molecule has 0 aromatic heterocycles. The summed E-state index contributed by atoms with van der Waals surface area (Å²) >= 11 is 3.66. The summed E-state index contributed by atoms with van der Waals surface area (Å²) in [5, 5.41) is 1.61. The quantitative estimate of drug-likeness (QED) is 0.667. The average molecular weight is 267 g/mol. The molecule has 0 spiro atoms. The molecule has 0 heterocycles. The van der Waals surface area contributed by atoms with Gasteiger partial charge in [-0.2, -0.15) is 0 Å². The Morgan fingerprint density at radius 3 is 2.57 bits per heavy atom. The van der Waals surface area contributed by atoms with Crippen LogP contribution < -0.4 is 0 Å². The monoisotopic (exact) mass is 266 g/mol. The van der Waals surface area contributed by atoms with E-state index in [1.165, 1.54) is 15.6 Å². The first-order chi connectivity index (χ1) is 6.50. The van der Waals surface area contributed by atoms with Crippen molar-refractivity contribution in [2.45, 2.75) is 26.1 Å². The van der Waals surface area contributed by atoms with Gasteiger partial charge in [0.1, 0.15) is 0 Å². The number of rotatable bonds is 1. The van der Waals surface area contributed by atoms with Gasteiger partial charge in [0.15, 0.2) is 0 Å². The van der Waals surface area contributed by atoms with Gasteiger partial charge in [0, 0.05) is 4.47 Å². The maximum atomic E-state index is 3.66. The maximum absolute atomic E-state index is 3.66. The number of allylic oxidation sites excluding steroid dienone is 1. The molecule has 0 fully saturated rings. The molecule has 0 saturated heterocycles. The predicted octanol–water partition coefficient (Wildman–Crippen LogP) is 4.27. The Labute approximate surface area is 95.2 Å². The average Bonchev–Trinajstić information content (AvgIpc) is 2.47. The summed E-state index contributed by atoms with van der Waals surface area (Å²) in [6.07, 6.45) is 3.54. The minimum atomic E-state index is -1.18. The van der Waals surface area contributed by atoms with Crippen LogP contribution in [0.1, 0.15) is 11.1 Å². The van der Waals surface area contributed by atoms with Crippen LogP contribution in [0.25, 0.3) is 5.20 Å². The van der Waals surface area contributed by atoms with E-state index in [0.717, 1.165) is 6.42 Å². The molecule has 0 nitrogen and oxygen atoms in total. The van der Waals surface area contributed by atoms with E-state index in [0.29, 0.717) is 0 Å². The van der Waals surface area contributed by atoms with Gasteiger partial charge >= 0.3 is 0 Å². The minimum absolute atomic E-state index is 1.12. The van der Waals surface area contributed by atoms with E-state index in [1.54, 1.807) is 5.20 Å². The Morgan fingerprint density at radius 2 is 1.93 bits per heavy atom. The predicted molar refractivity (Wildman–Crippen MR) is 69.2 cm³/mol. The van der Waals surface area contributed by atoms with Gasteiger partial charge in [0.05, 0.1) is 8.07 Å². The van der Waals surface area contributed by atoms with Crippen LogP contribution in [-0.4, -0.2) is 8.07 Å². The van der Waals surface area contributed by atoms with Crippen LogP contribution in [0.15, 0.2) is 28.7 Å². The summed E-state index contributed by atoms with van der Waals surface area (Å²) in [6.45, 7) is 7.23. The summed E-state index contributed by atoms with van der Waals surface area (Å²) in [6, 6.07) is 6.52. The van der Waals surface area contributed by atoms with E-state index >= 15 is 0 Å². The molecule has 0 N–H and O–H groups in total. The summed E-state index contributed by atoms with van der Waals surface area (Å²) in [5.74, 6) is 0. The molecule has 0 amide bonds. The molecule has 0 bridgehead atoms. The second-order valence-electron chi connectivity index (χ2n) is 4.85. The zero-order valence-electron chi connectivity index (χ0n) is 8.89. The van der Waals surface area contributed by atoms with Gasteiger partial charge in [-0.1, -0.05) is 59.0 Å². The van der Waals surface area contributed by atoms with Crippen molar-refractivity contribution in [2.75, 3.05) is 0 Å². The van der Waals surface area contributed by atoms with Crippen molar-refractivity contribution >= 4 is 29.2 Å². The molecule has 0 aliphatic heterocycles. The Balaban J connectivity index is 2.56. The number of benzene rings is 1. The second-order valence-corrected chi connectivity index (χ2v) is 10.7. The maximum Gasteiger partial charge on any atom is 0.0780 e. The fourth-order valence-electron chi connectivity index (χ4n) is 2.04. The Hall–Kier alpha value is -0.343. The zero-order chi connectivity index (χ0) is 10.3. The third kappa shape index (κ3) is 1.61. The second kappa shape index (κ2) is 3.35. The van der Waals surface area contributed by atoms with Gasteiger partial charge in [-0.15, -0.1) is 0 Å². The first-order valence-corrected chi connectivity index (χ1v) is 9.28. The number of hydrogen-bond acceptors (Lipinski definition) is 0. The summed E-state index contributed by atoms with van der Waals surface area (Å²) < 4.78 is 1.26. The van der Waals surface area contributed by atoms with Crippen LogP contribution in [0.2, 0.25) is 19.6 Å². The first kappa shape index (κ1) is 10.2. The van der Waals surface area contributed by atoms with Crippen LogP contribution in [0.5, 0.6) is 0 Å². The molecule has 0 saturated carbocycles. The van der Waals surface area contributed by atoms with Crippen LogP contribution in [0.3, 0.4) is 0 Å². The van der Waals surface area contributed by atoms with E-state index in [1.807, 2.05) is 0 Å². The SMILES string of the molecule is C[Si](C)(C)C1=CCc2cccc(Br)c21. The highest BCUT2D eigenvalue weighted by Crippen LogP contribution is 2.38. The van der Waals surface area contributed by atoms with E-state index < -0.39 is 8.07 Å². The molecule has 74 valence electrons. The van der Waals surface area contributed by atoms with Gasteiger partial charge < -0.3 is 0 Å². The van der Waals surface area contributed by atoms with Gasteiger partial charge in [0.25, 0.3) is 0 Å². The number of hydrogen-bond donors (Lipinski definition) is 0. The fourth-order valence-corrected chi connectivity index (χ4v) is 4.60. The highest BCUT2D eigenvalue weighted by molar-refractivity contribution is 9.10. The molecule has 1 aromatic rings. The van der Waals surface area contributed by atoms with Crippen molar-refractivity contribution in [1.29, 1.82) is 0 Å². The summed E-state index contributed by atoms with van der Waals surface area (Å²) in [5.41, 5.74) is 2.96. The van der Waals surface area contributed by atoms with Crippen molar-refractivity contribution in [3.63, 3.8) is 0 Å². The van der Waals surface area contributed by atoms with Gasteiger partial charge in [0.2, 0.25) is 0 Å². The van der Waals surface area contributed by atoms with Crippen molar-refractivity contribution in [3.05, 3.63) is 39.9 Å². The van der Waals surface area contributed by atoms with E-state index in [4.69, 9.17) is 0 Å². The van der Waals surface area contributed by atoms with Crippen molar-refractivity contribution in [2.24, 2.45) is 0 Å². The Morgan fingerprint density at radius 1 is 1.21 bits per heavy atom. The van der Waals surface area contributed by atoms with Crippen LogP contribution in [0.4, 0.5) is 0 Å². The lowest BCUT2D eigenvalue weighted by atomic mass is 10.1. The molecule has 1 aliphatic rings. The lowest BCUT2D eigenvalue weighted by Gasteiger charge is -2.20. The van der Waals surface area contributed by atoms with E-state index in [2.05, 4.69) is 59.8 Å². The highest BCUT2D eigenvalue weighted by Gasteiger charge is 2.27. The molecule has 1 aromatic carbocycles. The normalized spacial score (nSPS) is 15.3. The molecule has 2 rings (SSSR count). The lowest BCUT2D eigenvalue weighted by molar-refractivity contribution is 1.30. The first-order valence-electron chi connectivity index (χ1n) is 4.98. The summed E-state index contributed by atoms with van der Waals surface area (Å²) in [7, 11) is -1.18. The fraction of sp³-hybridized carbons (Fsp3) is 0.333. The summed E-state index contributed by atoms with van der Waals surface area (Å²) in [4.78, 5) is 0. The third-order valence-corrected chi connectivity index (χ3v) is 5.43. The Bertz CT molecular complexity index is 399. The van der Waals surface area contributed by atoms with E-state index in [-0.39, 0.29) is 0 Å². The molecule has 1 aliphatic carbocycles. The number of fused-ring (bicyclic) bond motifs is 1. The van der Waals surface area contributed by atoms with Crippen LogP contribution in [0, 0.1) is 0 Å². The molecule has 14 heavy (non-hydrogen) atoms. The third-order valence-electron chi connectivity index (χ3n) is 2.70. The molecular weight excluding hydrogens is 252 g/mol. The molecular formula is C12H15BrSi. The standard InChI is InChI=1S/C12H15BrSi/c1-14(2,3)11-8-7-9-5-4-6-10(13)12(9)11/h4-6,8H,7H2,1-3H3. The van der Waals surface area contributed by atoms with Crippen molar-refractivity contribution in [3.8, 4) is 0 Å². The van der Waals surface area contributed by atoms with Gasteiger partial charge in [-0.05, 0) is 23.6 Å². The minimum Gasteiger partial charge on any atom is -0.0802 e. The highest BCUT2D eigenvalue weighted by atomic mass is 79.9. The van der Waals surface area contributed by atoms with Crippen molar-refractivity contribution in [1.82, 2.24) is 0 Å². The molecule has 2 heteroatoms. The number of halogens is 1. The molecule has 0 atom stereocenters. The zero-order valence-corrected chi connectivity index (χ0v) is 11.5. The molecule has 0 unspecified atom stereocenters. The smallest absolute Gasteiger partial charge is 0.0780 e. The van der Waals surface area contributed by atoms with Crippen molar-refractivity contribution < 1.29 is 0 Å².